The molecule has 1 fully saturated rings. The molecule has 2 aromatic rings. The van der Waals surface area contributed by atoms with Crippen molar-refractivity contribution in [2.24, 2.45) is 7.05 Å². The summed E-state index contributed by atoms with van der Waals surface area (Å²) in [6.07, 6.45) is 4.52. The summed E-state index contributed by atoms with van der Waals surface area (Å²) in [6, 6.07) is 5.14. The van der Waals surface area contributed by atoms with E-state index in [1.165, 1.54) is 6.20 Å². The Morgan fingerprint density at radius 1 is 1.41 bits per heavy atom. The van der Waals surface area contributed by atoms with Crippen LogP contribution < -0.4 is 10.2 Å². The van der Waals surface area contributed by atoms with Crippen LogP contribution in [0.4, 0.5) is 11.4 Å². The zero-order valence-corrected chi connectivity index (χ0v) is 12.8. The molecule has 1 aliphatic rings. The van der Waals surface area contributed by atoms with E-state index >= 15 is 0 Å². The fourth-order valence-electron chi connectivity index (χ4n) is 2.45. The molecule has 22 heavy (non-hydrogen) atoms. The zero-order valence-electron chi connectivity index (χ0n) is 12.0. The average molecular weight is 319 g/mol. The number of anilines is 2. The second-order valence-electron chi connectivity index (χ2n) is 5.17. The van der Waals surface area contributed by atoms with Gasteiger partial charge in [0, 0.05) is 31.9 Å². The van der Waals surface area contributed by atoms with Gasteiger partial charge >= 0.3 is 0 Å². The maximum atomic E-state index is 12.1. The number of aryl methyl sites for hydroxylation is 1. The summed E-state index contributed by atoms with van der Waals surface area (Å²) in [4.78, 5) is 25.5. The van der Waals surface area contributed by atoms with Gasteiger partial charge in [-0.3, -0.25) is 14.3 Å². The van der Waals surface area contributed by atoms with Crippen LogP contribution in [0.2, 0.25) is 5.02 Å². The minimum Gasteiger partial charge on any atom is -0.322 e. The van der Waals surface area contributed by atoms with Gasteiger partial charge in [0.1, 0.15) is 0 Å². The van der Waals surface area contributed by atoms with E-state index in [1.54, 1.807) is 41.0 Å². The van der Waals surface area contributed by atoms with Gasteiger partial charge in [-0.05, 0) is 24.6 Å². The standard InChI is InChI=1S/C15H15ClN4O2/c1-19-9-10(8-17-19)15(22)18-11-4-5-13(12(16)7-11)20-6-2-3-14(20)21/h4-5,7-9H,2-3,6H2,1H3,(H,18,22). The number of rotatable bonds is 3. The van der Waals surface area contributed by atoms with E-state index in [4.69, 9.17) is 11.6 Å². The number of nitrogens with one attached hydrogen (secondary N) is 1. The number of carbonyl (C=O) groups excluding carboxylic acids is 2. The molecule has 7 heteroatoms. The van der Waals surface area contributed by atoms with E-state index < -0.39 is 0 Å². The SMILES string of the molecule is Cn1cc(C(=O)Nc2ccc(N3CCCC3=O)c(Cl)c2)cn1. The van der Waals surface area contributed by atoms with E-state index in [1.807, 2.05) is 0 Å². The van der Waals surface area contributed by atoms with Crippen molar-refractivity contribution in [3.05, 3.63) is 41.2 Å². The summed E-state index contributed by atoms with van der Waals surface area (Å²) in [5, 5.41) is 7.16. The molecule has 1 aromatic heterocycles. The van der Waals surface area contributed by atoms with Crippen LogP contribution in [-0.4, -0.2) is 28.1 Å². The first-order valence-corrected chi connectivity index (χ1v) is 7.32. The number of nitrogens with zero attached hydrogens (tertiary/aromatic N) is 3. The van der Waals surface area contributed by atoms with E-state index in [-0.39, 0.29) is 11.8 Å². The molecule has 1 aliphatic heterocycles. The molecule has 114 valence electrons. The number of aromatic nitrogens is 2. The van der Waals surface area contributed by atoms with Crippen molar-refractivity contribution >= 4 is 34.8 Å². The Kier molecular flexibility index (Phi) is 3.85. The second-order valence-corrected chi connectivity index (χ2v) is 5.58. The van der Waals surface area contributed by atoms with Crippen LogP contribution in [0.5, 0.6) is 0 Å². The monoisotopic (exact) mass is 318 g/mol. The van der Waals surface area contributed by atoms with Crippen molar-refractivity contribution < 1.29 is 9.59 Å². The molecular formula is C15H15ClN4O2. The third-order valence-corrected chi connectivity index (χ3v) is 3.84. The number of amides is 2. The quantitative estimate of drug-likeness (QED) is 0.945. The van der Waals surface area contributed by atoms with Gasteiger partial charge in [0.15, 0.2) is 0 Å². The molecule has 3 rings (SSSR count). The van der Waals surface area contributed by atoms with Gasteiger partial charge in [-0.15, -0.1) is 0 Å². The first-order valence-electron chi connectivity index (χ1n) is 6.94. The predicted octanol–water partition coefficient (Wildman–Crippen LogP) is 2.45. The topological polar surface area (TPSA) is 67.2 Å². The number of hydrogen-bond acceptors (Lipinski definition) is 3. The van der Waals surface area contributed by atoms with Gasteiger partial charge in [0.2, 0.25) is 5.91 Å². The molecule has 0 radical (unpaired) electrons. The molecule has 0 saturated carbocycles. The lowest BCUT2D eigenvalue weighted by Crippen LogP contribution is -2.24. The maximum absolute atomic E-state index is 12.1. The van der Waals surface area contributed by atoms with Crippen LogP contribution >= 0.6 is 11.6 Å². The Morgan fingerprint density at radius 3 is 2.82 bits per heavy atom. The molecular weight excluding hydrogens is 304 g/mol. The van der Waals surface area contributed by atoms with Gasteiger partial charge < -0.3 is 10.2 Å². The first-order chi connectivity index (χ1) is 10.5. The van der Waals surface area contributed by atoms with Gasteiger partial charge in [-0.25, -0.2) is 0 Å². The number of hydrogen-bond donors (Lipinski definition) is 1. The van der Waals surface area contributed by atoms with E-state index in [0.717, 1.165) is 6.42 Å². The van der Waals surface area contributed by atoms with Crippen LogP contribution in [0, 0.1) is 0 Å². The molecule has 0 atom stereocenters. The van der Waals surface area contributed by atoms with Crippen molar-refractivity contribution in [3.63, 3.8) is 0 Å². The van der Waals surface area contributed by atoms with Crippen LogP contribution in [-0.2, 0) is 11.8 Å². The normalized spacial score (nSPS) is 14.5. The van der Waals surface area contributed by atoms with Crippen molar-refractivity contribution in [2.45, 2.75) is 12.8 Å². The molecule has 6 nitrogen and oxygen atoms in total. The maximum Gasteiger partial charge on any atom is 0.258 e. The third kappa shape index (κ3) is 2.82. The highest BCUT2D eigenvalue weighted by atomic mass is 35.5. The minimum atomic E-state index is -0.255. The van der Waals surface area contributed by atoms with Crippen molar-refractivity contribution in [1.29, 1.82) is 0 Å². The van der Waals surface area contributed by atoms with Gasteiger partial charge in [-0.1, -0.05) is 11.6 Å². The zero-order chi connectivity index (χ0) is 15.7. The van der Waals surface area contributed by atoms with Crippen LogP contribution in [0.25, 0.3) is 0 Å². The molecule has 0 spiro atoms. The van der Waals surface area contributed by atoms with E-state index in [2.05, 4.69) is 10.4 Å². The van der Waals surface area contributed by atoms with E-state index in [0.29, 0.717) is 34.9 Å². The summed E-state index contributed by atoms with van der Waals surface area (Å²) in [6.45, 7) is 0.680. The molecule has 0 unspecified atom stereocenters. The number of carbonyl (C=O) groups is 2. The molecule has 0 bridgehead atoms. The Labute approximate surface area is 132 Å². The Hall–Kier alpha value is -2.34. The fraction of sp³-hybridized carbons (Fsp3) is 0.267. The molecule has 1 saturated heterocycles. The van der Waals surface area contributed by atoms with Crippen molar-refractivity contribution in [2.75, 3.05) is 16.8 Å². The molecule has 0 aliphatic carbocycles. The Morgan fingerprint density at radius 2 is 2.23 bits per heavy atom. The average Bonchev–Trinajstić information content (AvgIpc) is 3.08. The number of halogens is 1. The summed E-state index contributed by atoms with van der Waals surface area (Å²) in [5.74, 6) is -0.178. The second kappa shape index (κ2) is 5.81. The van der Waals surface area contributed by atoms with Crippen LogP contribution in [0.1, 0.15) is 23.2 Å². The number of benzene rings is 1. The Balaban J connectivity index is 1.77. The Bertz CT molecular complexity index is 741. The highest BCUT2D eigenvalue weighted by Crippen LogP contribution is 2.31. The van der Waals surface area contributed by atoms with E-state index in [9.17, 15) is 9.59 Å². The van der Waals surface area contributed by atoms with Gasteiger partial charge in [-0.2, -0.15) is 5.10 Å². The predicted molar refractivity (Wildman–Crippen MR) is 84.2 cm³/mol. The van der Waals surface area contributed by atoms with Crippen molar-refractivity contribution in [1.82, 2.24) is 9.78 Å². The molecule has 1 aromatic carbocycles. The largest absolute Gasteiger partial charge is 0.322 e. The smallest absolute Gasteiger partial charge is 0.258 e. The minimum absolute atomic E-state index is 0.0778. The lowest BCUT2D eigenvalue weighted by molar-refractivity contribution is -0.117. The highest BCUT2D eigenvalue weighted by Gasteiger charge is 2.23. The van der Waals surface area contributed by atoms with Crippen LogP contribution in [0.15, 0.2) is 30.6 Å². The van der Waals surface area contributed by atoms with Crippen molar-refractivity contribution in [3.8, 4) is 0 Å². The third-order valence-electron chi connectivity index (χ3n) is 3.54. The van der Waals surface area contributed by atoms with Crippen LogP contribution in [0.3, 0.4) is 0 Å². The lowest BCUT2D eigenvalue weighted by atomic mass is 10.2. The molecule has 1 N–H and O–H groups in total. The van der Waals surface area contributed by atoms with Gasteiger partial charge in [0.25, 0.3) is 5.91 Å². The summed E-state index contributed by atoms with van der Waals surface area (Å²) in [5.41, 5.74) is 1.73. The summed E-state index contributed by atoms with van der Waals surface area (Å²) >= 11 is 6.25. The highest BCUT2D eigenvalue weighted by molar-refractivity contribution is 6.34. The lowest BCUT2D eigenvalue weighted by Gasteiger charge is -2.18. The molecule has 2 heterocycles. The fourth-order valence-corrected chi connectivity index (χ4v) is 2.73. The van der Waals surface area contributed by atoms with Gasteiger partial charge in [0.05, 0.1) is 22.5 Å². The molecule has 2 amide bonds. The first kappa shape index (κ1) is 14.6. The summed E-state index contributed by atoms with van der Waals surface area (Å²) in [7, 11) is 1.75. The summed E-state index contributed by atoms with van der Waals surface area (Å²) < 4.78 is 1.56.